The second kappa shape index (κ2) is 3.99. The van der Waals surface area contributed by atoms with Crippen LogP contribution in [0.1, 0.15) is 29.8 Å². The number of aliphatic imine (C=N–C) groups is 1. The van der Waals surface area contributed by atoms with Crippen LogP contribution in [0.25, 0.3) is 0 Å². The van der Waals surface area contributed by atoms with Crippen molar-refractivity contribution in [1.29, 1.82) is 0 Å². The monoisotopic (exact) mass is 175 g/mol. The highest BCUT2D eigenvalue weighted by Gasteiger charge is 2.03. The predicted molar refractivity (Wildman–Crippen MR) is 55.0 cm³/mol. The van der Waals surface area contributed by atoms with Crippen molar-refractivity contribution in [2.75, 3.05) is 0 Å². The molecule has 68 valence electrons. The molecule has 1 rings (SSSR count). The van der Waals surface area contributed by atoms with Gasteiger partial charge in [0.2, 0.25) is 0 Å². The molecule has 0 aliphatic carbocycles. The van der Waals surface area contributed by atoms with Gasteiger partial charge >= 0.3 is 0 Å². The highest BCUT2D eigenvalue weighted by atomic mass is 16.1. The Labute approximate surface area is 78.3 Å². The molecule has 0 aliphatic heterocycles. The molecule has 0 fully saturated rings. The first-order chi connectivity index (χ1) is 6.19. The van der Waals surface area contributed by atoms with Crippen molar-refractivity contribution in [3.63, 3.8) is 0 Å². The van der Waals surface area contributed by atoms with Crippen LogP contribution < -0.4 is 0 Å². The Morgan fingerprint density at radius 1 is 1.54 bits per heavy atom. The van der Waals surface area contributed by atoms with Crippen LogP contribution in [0.4, 0.5) is 5.69 Å². The number of aryl methyl sites for hydroxylation is 1. The van der Waals surface area contributed by atoms with Crippen LogP contribution in [0, 0.1) is 0 Å². The molecule has 2 heteroatoms. The molecule has 1 aromatic rings. The van der Waals surface area contributed by atoms with Gasteiger partial charge in [-0.25, -0.2) is 0 Å². The number of rotatable bonds is 3. The third kappa shape index (κ3) is 2.02. The van der Waals surface area contributed by atoms with E-state index in [9.17, 15) is 4.79 Å². The quantitative estimate of drug-likeness (QED) is 0.513. The topological polar surface area (TPSA) is 29.4 Å². The molecule has 0 radical (unpaired) electrons. The van der Waals surface area contributed by atoms with Crippen LogP contribution in [-0.2, 0) is 6.42 Å². The van der Waals surface area contributed by atoms with Crippen LogP contribution in [0.2, 0.25) is 0 Å². The van der Waals surface area contributed by atoms with E-state index in [-0.39, 0.29) is 5.78 Å². The summed E-state index contributed by atoms with van der Waals surface area (Å²) in [7, 11) is 0. The van der Waals surface area contributed by atoms with Gasteiger partial charge in [-0.1, -0.05) is 19.1 Å². The van der Waals surface area contributed by atoms with Crippen molar-refractivity contribution < 1.29 is 4.79 Å². The van der Waals surface area contributed by atoms with Crippen LogP contribution in [0.5, 0.6) is 0 Å². The van der Waals surface area contributed by atoms with Gasteiger partial charge in [-0.2, -0.15) is 0 Å². The average Bonchev–Trinajstić information content (AvgIpc) is 2.16. The molecule has 0 unspecified atom stereocenters. The van der Waals surface area contributed by atoms with Gasteiger partial charge in [0.1, 0.15) is 0 Å². The first kappa shape index (κ1) is 9.65. The highest BCUT2D eigenvalue weighted by molar-refractivity contribution is 5.95. The van der Waals surface area contributed by atoms with Gasteiger partial charge in [-0.3, -0.25) is 9.79 Å². The Morgan fingerprint density at radius 3 is 2.69 bits per heavy atom. The molecule has 0 saturated carbocycles. The molecule has 0 amide bonds. The van der Waals surface area contributed by atoms with Gasteiger partial charge in [-0.05, 0) is 31.7 Å². The SMILES string of the molecule is C=Nc1cc(C(C)=O)ccc1CC. The largest absolute Gasteiger partial charge is 0.295 e. The van der Waals surface area contributed by atoms with E-state index in [2.05, 4.69) is 18.6 Å². The van der Waals surface area contributed by atoms with E-state index in [1.807, 2.05) is 12.1 Å². The first-order valence-corrected chi connectivity index (χ1v) is 4.29. The molecule has 1 aromatic carbocycles. The third-order valence-corrected chi connectivity index (χ3v) is 2.04. The van der Waals surface area contributed by atoms with E-state index in [1.165, 1.54) is 0 Å². The van der Waals surface area contributed by atoms with Crippen molar-refractivity contribution in [3.8, 4) is 0 Å². The molecule has 0 bridgehead atoms. The Kier molecular flexibility index (Phi) is 2.96. The maximum atomic E-state index is 11.1. The van der Waals surface area contributed by atoms with Crippen LogP contribution in [0.15, 0.2) is 23.2 Å². The second-order valence-corrected chi connectivity index (χ2v) is 2.91. The molecule has 0 N–H and O–H groups in total. The Balaban J connectivity index is 3.20. The van der Waals surface area contributed by atoms with Gasteiger partial charge < -0.3 is 0 Å². The minimum Gasteiger partial charge on any atom is -0.295 e. The van der Waals surface area contributed by atoms with Crippen molar-refractivity contribution in [2.45, 2.75) is 20.3 Å². The van der Waals surface area contributed by atoms with E-state index in [1.54, 1.807) is 13.0 Å². The fraction of sp³-hybridized carbons (Fsp3) is 0.273. The molecule has 0 aliphatic rings. The normalized spacial score (nSPS) is 9.69. The number of carbonyl (C=O) groups excluding carboxylic acids is 1. The first-order valence-electron chi connectivity index (χ1n) is 4.29. The molecule has 0 spiro atoms. The Morgan fingerprint density at radius 2 is 2.23 bits per heavy atom. The predicted octanol–water partition coefficient (Wildman–Crippen LogP) is 2.78. The molecule has 0 atom stereocenters. The second-order valence-electron chi connectivity index (χ2n) is 2.91. The number of nitrogens with zero attached hydrogens (tertiary/aromatic N) is 1. The molecule has 2 nitrogen and oxygen atoms in total. The number of hydrogen-bond acceptors (Lipinski definition) is 2. The van der Waals surface area contributed by atoms with E-state index in [4.69, 9.17) is 0 Å². The van der Waals surface area contributed by atoms with E-state index in [0.717, 1.165) is 17.7 Å². The van der Waals surface area contributed by atoms with Gasteiger partial charge in [0.15, 0.2) is 5.78 Å². The fourth-order valence-corrected chi connectivity index (χ4v) is 1.23. The zero-order valence-corrected chi connectivity index (χ0v) is 8.00. The lowest BCUT2D eigenvalue weighted by molar-refractivity contribution is 0.101. The van der Waals surface area contributed by atoms with Crippen molar-refractivity contribution in [2.24, 2.45) is 4.99 Å². The number of carbonyl (C=O) groups is 1. The summed E-state index contributed by atoms with van der Waals surface area (Å²) in [6, 6.07) is 5.55. The molecule has 0 aromatic heterocycles. The van der Waals surface area contributed by atoms with Crippen LogP contribution in [-0.4, -0.2) is 12.5 Å². The number of ketones is 1. The van der Waals surface area contributed by atoms with E-state index < -0.39 is 0 Å². The van der Waals surface area contributed by atoms with E-state index in [0.29, 0.717) is 5.56 Å². The minimum atomic E-state index is 0.0625. The smallest absolute Gasteiger partial charge is 0.159 e. The Bertz CT molecular complexity index is 342. The summed E-state index contributed by atoms with van der Waals surface area (Å²) in [6.45, 7) is 7.08. The van der Waals surface area contributed by atoms with Crippen molar-refractivity contribution in [3.05, 3.63) is 29.3 Å². The Hall–Kier alpha value is -1.44. The minimum absolute atomic E-state index is 0.0625. The summed E-state index contributed by atoms with van der Waals surface area (Å²) < 4.78 is 0. The van der Waals surface area contributed by atoms with E-state index >= 15 is 0 Å². The maximum absolute atomic E-state index is 11.1. The molecular weight excluding hydrogens is 162 g/mol. The number of benzene rings is 1. The maximum Gasteiger partial charge on any atom is 0.159 e. The van der Waals surface area contributed by atoms with Crippen LogP contribution in [0.3, 0.4) is 0 Å². The number of Topliss-reactive ketones (excluding diaryl/α,β-unsaturated/α-hetero) is 1. The summed E-state index contributed by atoms with van der Waals surface area (Å²) in [4.78, 5) is 14.9. The van der Waals surface area contributed by atoms with Crippen molar-refractivity contribution >= 4 is 18.2 Å². The zero-order chi connectivity index (χ0) is 9.84. The number of hydrogen-bond donors (Lipinski definition) is 0. The average molecular weight is 175 g/mol. The van der Waals surface area contributed by atoms with Gasteiger partial charge in [0.25, 0.3) is 0 Å². The fourth-order valence-electron chi connectivity index (χ4n) is 1.23. The molecular formula is C11H13NO. The summed E-state index contributed by atoms with van der Waals surface area (Å²) in [6.07, 6.45) is 0.909. The van der Waals surface area contributed by atoms with Crippen molar-refractivity contribution in [1.82, 2.24) is 0 Å². The highest BCUT2D eigenvalue weighted by Crippen LogP contribution is 2.21. The molecule has 0 saturated heterocycles. The van der Waals surface area contributed by atoms with Crippen LogP contribution >= 0.6 is 0 Å². The van der Waals surface area contributed by atoms with Gasteiger partial charge in [-0.15, -0.1) is 0 Å². The van der Waals surface area contributed by atoms with Gasteiger partial charge in [0, 0.05) is 5.56 Å². The molecule has 13 heavy (non-hydrogen) atoms. The zero-order valence-electron chi connectivity index (χ0n) is 8.00. The summed E-state index contributed by atoms with van der Waals surface area (Å²) >= 11 is 0. The standard InChI is InChI=1S/C11H13NO/c1-4-9-5-6-10(8(2)13)7-11(9)12-3/h5-7H,3-4H2,1-2H3. The lowest BCUT2D eigenvalue weighted by Gasteiger charge is -2.03. The summed E-state index contributed by atoms with van der Waals surface area (Å²) in [5.74, 6) is 0.0625. The summed E-state index contributed by atoms with van der Waals surface area (Å²) in [5, 5.41) is 0. The lowest BCUT2D eigenvalue weighted by atomic mass is 10.1. The summed E-state index contributed by atoms with van der Waals surface area (Å²) in [5.41, 5.74) is 2.63. The third-order valence-electron chi connectivity index (χ3n) is 2.04. The lowest BCUT2D eigenvalue weighted by Crippen LogP contribution is -1.92. The van der Waals surface area contributed by atoms with Gasteiger partial charge in [0.05, 0.1) is 5.69 Å². The molecule has 0 heterocycles.